The molecule has 0 bridgehead atoms. The lowest BCUT2D eigenvalue weighted by molar-refractivity contribution is -0.127. The van der Waals surface area contributed by atoms with Gasteiger partial charge in [-0.05, 0) is 23.8 Å². The minimum Gasteiger partial charge on any atom is -0.477 e. The second-order valence-electron chi connectivity index (χ2n) is 7.03. The van der Waals surface area contributed by atoms with Gasteiger partial charge in [-0.2, -0.15) is 0 Å². The SMILES string of the molecule is CNC(=O)[C@@H]1CN(CC(=O)Nc2ccccc2-c2ccccc2)c2ccccc2O1. The number of para-hydroxylation sites is 3. The van der Waals surface area contributed by atoms with Gasteiger partial charge in [0.05, 0.1) is 18.8 Å². The molecule has 152 valence electrons. The number of nitrogens with zero attached hydrogens (tertiary/aromatic N) is 1. The van der Waals surface area contributed by atoms with Gasteiger partial charge in [-0.25, -0.2) is 0 Å². The van der Waals surface area contributed by atoms with Crippen LogP contribution in [-0.4, -0.2) is 38.1 Å². The van der Waals surface area contributed by atoms with Crippen LogP contribution in [0.2, 0.25) is 0 Å². The molecule has 3 aromatic carbocycles. The third-order valence-electron chi connectivity index (χ3n) is 5.02. The van der Waals surface area contributed by atoms with E-state index in [4.69, 9.17) is 4.74 Å². The average molecular weight is 401 g/mol. The van der Waals surface area contributed by atoms with Crippen LogP contribution in [0.15, 0.2) is 78.9 Å². The zero-order chi connectivity index (χ0) is 20.9. The molecule has 1 aliphatic heterocycles. The minimum atomic E-state index is -0.672. The Morgan fingerprint density at radius 2 is 1.67 bits per heavy atom. The van der Waals surface area contributed by atoms with Crippen LogP contribution in [0.25, 0.3) is 11.1 Å². The highest BCUT2D eigenvalue weighted by Gasteiger charge is 2.31. The quantitative estimate of drug-likeness (QED) is 0.688. The Hall–Kier alpha value is -3.80. The largest absolute Gasteiger partial charge is 0.477 e. The number of carbonyl (C=O) groups is 2. The number of anilines is 2. The number of nitrogens with one attached hydrogen (secondary N) is 2. The molecule has 30 heavy (non-hydrogen) atoms. The molecule has 0 spiro atoms. The number of ether oxygens (including phenoxy) is 1. The standard InChI is InChI=1S/C24H23N3O3/c1-25-24(29)22-15-27(20-13-7-8-14-21(20)30-22)16-23(28)26-19-12-6-5-11-18(19)17-9-3-2-4-10-17/h2-14,22H,15-16H2,1H3,(H,25,29)(H,26,28)/t22-/m0/s1. The van der Waals surface area contributed by atoms with E-state index in [0.29, 0.717) is 12.3 Å². The van der Waals surface area contributed by atoms with Crippen molar-refractivity contribution < 1.29 is 14.3 Å². The van der Waals surface area contributed by atoms with Gasteiger partial charge in [0.1, 0.15) is 5.75 Å². The van der Waals surface area contributed by atoms with E-state index in [0.717, 1.165) is 22.5 Å². The fourth-order valence-electron chi connectivity index (χ4n) is 3.58. The topological polar surface area (TPSA) is 70.7 Å². The van der Waals surface area contributed by atoms with E-state index in [9.17, 15) is 9.59 Å². The fourth-order valence-corrected chi connectivity index (χ4v) is 3.58. The maximum atomic E-state index is 12.9. The summed E-state index contributed by atoms with van der Waals surface area (Å²) < 4.78 is 5.81. The Morgan fingerprint density at radius 1 is 0.967 bits per heavy atom. The van der Waals surface area contributed by atoms with Gasteiger partial charge in [0.15, 0.2) is 6.10 Å². The zero-order valence-electron chi connectivity index (χ0n) is 16.7. The molecule has 1 atom stereocenters. The highest BCUT2D eigenvalue weighted by atomic mass is 16.5. The summed E-state index contributed by atoms with van der Waals surface area (Å²) in [6.45, 7) is 0.404. The van der Waals surface area contributed by atoms with Gasteiger partial charge in [0, 0.05) is 18.3 Å². The summed E-state index contributed by atoms with van der Waals surface area (Å²) in [6.07, 6.45) is -0.672. The number of hydrogen-bond acceptors (Lipinski definition) is 4. The predicted molar refractivity (Wildman–Crippen MR) is 118 cm³/mol. The highest BCUT2D eigenvalue weighted by molar-refractivity contribution is 5.98. The van der Waals surface area contributed by atoms with Crippen molar-refractivity contribution in [3.8, 4) is 16.9 Å². The smallest absolute Gasteiger partial charge is 0.262 e. The molecule has 0 fully saturated rings. The van der Waals surface area contributed by atoms with Crippen molar-refractivity contribution in [3.63, 3.8) is 0 Å². The summed E-state index contributed by atoms with van der Waals surface area (Å²) >= 11 is 0. The van der Waals surface area contributed by atoms with Crippen LogP contribution in [-0.2, 0) is 9.59 Å². The first-order valence-electron chi connectivity index (χ1n) is 9.82. The van der Waals surface area contributed by atoms with Gasteiger partial charge in [-0.15, -0.1) is 0 Å². The van der Waals surface area contributed by atoms with Crippen LogP contribution < -0.4 is 20.3 Å². The lowest BCUT2D eigenvalue weighted by Gasteiger charge is -2.35. The molecule has 0 radical (unpaired) electrons. The second kappa shape index (κ2) is 8.69. The number of likely N-dealkylation sites (N-methyl/N-ethyl adjacent to an activating group) is 1. The van der Waals surface area contributed by atoms with E-state index in [1.54, 1.807) is 13.1 Å². The first-order valence-corrected chi connectivity index (χ1v) is 9.82. The molecular formula is C24H23N3O3. The van der Waals surface area contributed by atoms with E-state index in [1.165, 1.54) is 0 Å². The van der Waals surface area contributed by atoms with E-state index in [1.807, 2.05) is 77.7 Å². The van der Waals surface area contributed by atoms with E-state index in [-0.39, 0.29) is 18.4 Å². The third-order valence-corrected chi connectivity index (χ3v) is 5.02. The molecule has 0 aromatic heterocycles. The van der Waals surface area contributed by atoms with E-state index < -0.39 is 6.10 Å². The van der Waals surface area contributed by atoms with Crippen LogP contribution in [0.5, 0.6) is 5.75 Å². The lowest BCUT2D eigenvalue weighted by atomic mass is 10.0. The third kappa shape index (κ3) is 4.12. The predicted octanol–water partition coefficient (Wildman–Crippen LogP) is 3.31. The maximum absolute atomic E-state index is 12.9. The molecule has 3 aromatic rings. The summed E-state index contributed by atoms with van der Waals surface area (Å²) in [6, 6.07) is 25.1. The molecule has 6 nitrogen and oxygen atoms in total. The fraction of sp³-hybridized carbons (Fsp3) is 0.167. The number of benzene rings is 3. The Bertz CT molecular complexity index is 1050. The van der Waals surface area contributed by atoms with Gasteiger partial charge in [-0.1, -0.05) is 60.7 Å². The Kier molecular flexibility index (Phi) is 5.66. The first kappa shape index (κ1) is 19.5. The summed E-state index contributed by atoms with van der Waals surface area (Å²) in [5.74, 6) is 0.213. The van der Waals surface area contributed by atoms with Crippen molar-refractivity contribution in [1.82, 2.24) is 5.32 Å². The van der Waals surface area contributed by atoms with Crippen LogP contribution in [0.1, 0.15) is 0 Å². The van der Waals surface area contributed by atoms with Crippen molar-refractivity contribution in [2.24, 2.45) is 0 Å². The van der Waals surface area contributed by atoms with E-state index in [2.05, 4.69) is 10.6 Å². The highest BCUT2D eigenvalue weighted by Crippen LogP contribution is 2.33. The molecular weight excluding hydrogens is 378 g/mol. The molecule has 0 saturated heterocycles. The summed E-state index contributed by atoms with van der Waals surface area (Å²) in [5, 5.41) is 5.64. The maximum Gasteiger partial charge on any atom is 0.262 e. The van der Waals surface area contributed by atoms with Crippen LogP contribution in [0.4, 0.5) is 11.4 Å². The van der Waals surface area contributed by atoms with Gasteiger partial charge in [-0.3, -0.25) is 9.59 Å². The van der Waals surface area contributed by atoms with Gasteiger partial charge >= 0.3 is 0 Å². The summed E-state index contributed by atoms with van der Waals surface area (Å²) in [5.41, 5.74) is 3.53. The molecule has 0 aliphatic carbocycles. The molecule has 2 N–H and O–H groups in total. The number of rotatable bonds is 5. The van der Waals surface area contributed by atoms with Gasteiger partial charge in [0.2, 0.25) is 5.91 Å². The number of hydrogen-bond donors (Lipinski definition) is 2. The average Bonchev–Trinajstić information content (AvgIpc) is 2.79. The van der Waals surface area contributed by atoms with Crippen molar-refractivity contribution in [3.05, 3.63) is 78.9 Å². The molecule has 0 unspecified atom stereocenters. The van der Waals surface area contributed by atoms with E-state index >= 15 is 0 Å². The molecule has 6 heteroatoms. The number of amides is 2. The van der Waals surface area contributed by atoms with Crippen LogP contribution in [0, 0.1) is 0 Å². The van der Waals surface area contributed by atoms with Crippen molar-refractivity contribution >= 4 is 23.2 Å². The number of fused-ring (bicyclic) bond motifs is 1. The van der Waals surface area contributed by atoms with Crippen LogP contribution >= 0.6 is 0 Å². The van der Waals surface area contributed by atoms with Gasteiger partial charge < -0.3 is 20.3 Å². The summed E-state index contributed by atoms with van der Waals surface area (Å²) in [4.78, 5) is 26.9. The van der Waals surface area contributed by atoms with Gasteiger partial charge in [0.25, 0.3) is 5.91 Å². The summed E-state index contributed by atoms with van der Waals surface area (Å²) in [7, 11) is 1.57. The first-order chi connectivity index (χ1) is 14.7. The zero-order valence-corrected chi connectivity index (χ0v) is 16.7. The monoisotopic (exact) mass is 401 g/mol. The Balaban J connectivity index is 1.54. The lowest BCUT2D eigenvalue weighted by Crippen LogP contribution is -2.50. The Morgan fingerprint density at radius 3 is 2.47 bits per heavy atom. The molecule has 4 rings (SSSR count). The normalized spacial score (nSPS) is 15.0. The van der Waals surface area contributed by atoms with Crippen LogP contribution in [0.3, 0.4) is 0 Å². The number of carbonyl (C=O) groups excluding carboxylic acids is 2. The Labute approximate surface area is 175 Å². The molecule has 0 saturated carbocycles. The van der Waals surface area contributed by atoms with Crippen molar-refractivity contribution in [1.29, 1.82) is 0 Å². The second-order valence-corrected chi connectivity index (χ2v) is 7.03. The van der Waals surface area contributed by atoms with Crippen molar-refractivity contribution in [2.45, 2.75) is 6.10 Å². The van der Waals surface area contributed by atoms with Crippen molar-refractivity contribution in [2.75, 3.05) is 30.4 Å². The molecule has 2 amide bonds. The minimum absolute atomic E-state index is 0.108. The molecule has 1 aliphatic rings. The molecule has 1 heterocycles.